The third-order valence-electron chi connectivity index (χ3n) is 3.22. The smallest absolute Gasteiger partial charge is 0.159 e. The Balaban J connectivity index is 1.89. The van der Waals surface area contributed by atoms with E-state index in [4.69, 9.17) is 4.74 Å². The average Bonchev–Trinajstić information content (AvgIpc) is 2.86. The SMILES string of the molecule is COc1cccc(Nc2cc(-n3nc(C)cc3C)ncn2)c1. The van der Waals surface area contributed by atoms with E-state index >= 15 is 0 Å². The summed E-state index contributed by atoms with van der Waals surface area (Å²) < 4.78 is 7.02. The molecule has 0 spiro atoms. The standard InChI is InChI=1S/C16H17N5O/c1-11-7-12(2)21(20-11)16-9-15(17-10-18-16)19-13-5-4-6-14(8-13)22-3/h4-10H,1-3H3,(H,17,18,19). The zero-order valence-electron chi connectivity index (χ0n) is 12.7. The van der Waals surface area contributed by atoms with E-state index in [9.17, 15) is 0 Å². The predicted octanol–water partition coefficient (Wildman–Crippen LogP) is 3.03. The van der Waals surface area contributed by atoms with Gasteiger partial charge in [0, 0.05) is 23.5 Å². The van der Waals surface area contributed by atoms with Crippen molar-refractivity contribution in [1.29, 1.82) is 0 Å². The molecule has 0 saturated carbocycles. The van der Waals surface area contributed by atoms with Crippen molar-refractivity contribution in [2.75, 3.05) is 12.4 Å². The van der Waals surface area contributed by atoms with Crippen molar-refractivity contribution in [2.45, 2.75) is 13.8 Å². The molecule has 6 heteroatoms. The molecule has 0 aliphatic carbocycles. The van der Waals surface area contributed by atoms with Crippen molar-refractivity contribution in [3.05, 3.63) is 54.1 Å². The summed E-state index contributed by atoms with van der Waals surface area (Å²) in [7, 11) is 1.64. The van der Waals surface area contributed by atoms with Gasteiger partial charge in [-0.2, -0.15) is 5.10 Å². The molecule has 0 amide bonds. The number of methoxy groups -OCH3 is 1. The fourth-order valence-corrected chi connectivity index (χ4v) is 2.24. The summed E-state index contributed by atoms with van der Waals surface area (Å²) in [5, 5.41) is 7.68. The summed E-state index contributed by atoms with van der Waals surface area (Å²) in [6.45, 7) is 3.96. The second-order valence-corrected chi connectivity index (χ2v) is 4.96. The molecule has 3 rings (SSSR count). The van der Waals surface area contributed by atoms with Crippen LogP contribution in [-0.2, 0) is 0 Å². The zero-order valence-corrected chi connectivity index (χ0v) is 12.7. The fourth-order valence-electron chi connectivity index (χ4n) is 2.24. The van der Waals surface area contributed by atoms with E-state index < -0.39 is 0 Å². The maximum Gasteiger partial charge on any atom is 0.159 e. The van der Waals surface area contributed by atoms with E-state index in [-0.39, 0.29) is 0 Å². The molecule has 3 aromatic rings. The monoisotopic (exact) mass is 295 g/mol. The molecule has 0 saturated heterocycles. The first-order chi connectivity index (χ1) is 10.7. The second-order valence-electron chi connectivity index (χ2n) is 4.96. The van der Waals surface area contributed by atoms with Gasteiger partial charge in [-0.3, -0.25) is 0 Å². The van der Waals surface area contributed by atoms with Gasteiger partial charge in [0.25, 0.3) is 0 Å². The highest BCUT2D eigenvalue weighted by Gasteiger charge is 2.07. The Labute approximate surface area is 128 Å². The molecule has 0 aliphatic rings. The number of benzene rings is 1. The van der Waals surface area contributed by atoms with Crippen LogP contribution in [0.3, 0.4) is 0 Å². The lowest BCUT2D eigenvalue weighted by molar-refractivity contribution is 0.415. The minimum absolute atomic E-state index is 0.700. The molecule has 1 N–H and O–H groups in total. The molecule has 1 aromatic carbocycles. The molecule has 6 nitrogen and oxygen atoms in total. The van der Waals surface area contributed by atoms with Gasteiger partial charge in [-0.15, -0.1) is 0 Å². The van der Waals surface area contributed by atoms with E-state index in [1.54, 1.807) is 11.8 Å². The highest BCUT2D eigenvalue weighted by Crippen LogP contribution is 2.21. The molecule has 2 heterocycles. The summed E-state index contributed by atoms with van der Waals surface area (Å²) in [6.07, 6.45) is 1.52. The van der Waals surface area contributed by atoms with Crippen LogP contribution in [0.5, 0.6) is 5.75 Å². The first kappa shape index (κ1) is 14.1. The first-order valence-electron chi connectivity index (χ1n) is 6.92. The van der Waals surface area contributed by atoms with E-state index in [0.717, 1.165) is 28.6 Å². The highest BCUT2D eigenvalue weighted by molar-refractivity contribution is 5.59. The molecule has 0 bridgehead atoms. The van der Waals surface area contributed by atoms with Gasteiger partial charge in [-0.05, 0) is 32.0 Å². The highest BCUT2D eigenvalue weighted by atomic mass is 16.5. The van der Waals surface area contributed by atoms with Crippen molar-refractivity contribution in [3.63, 3.8) is 0 Å². The number of hydrogen-bond donors (Lipinski definition) is 1. The van der Waals surface area contributed by atoms with Crippen molar-refractivity contribution in [1.82, 2.24) is 19.7 Å². The summed E-state index contributed by atoms with van der Waals surface area (Å²) in [6, 6.07) is 11.5. The van der Waals surface area contributed by atoms with E-state index in [1.807, 2.05) is 50.2 Å². The van der Waals surface area contributed by atoms with Gasteiger partial charge >= 0.3 is 0 Å². The van der Waals surface area contributed by atoms with Crippen LogP contribution in [0, 0.1) is 13.8 Å². The van der Waals surface area contributed by atoms with Crippen LogP contribution >= 0.6 is 0 Å². The number of ether oxygens (including phenoxy) is 1. The van der Waals surface area contributed by atoms with Gasteiger partial charge in [0.15, 0.2) is 5.82 Å². The van der Waals surface area contributed by atoms with Crippen molar-refractivity contribution >= 4 is 11.5 Å². The van der Waals surface area contributed by atoms with Crippen LogP contribution in [0.1, 0.15) is 11.4 Å². The molecule has 2 aromatic heterocycles. The summed E-state index contributed by atoms with van der Waals surface area (Å²) >= 11 is 0. The lowest BCUT2D eigenvalue weighted by Gasteiger charge is -2.09. The number of nitrogens with one attached hydrogen (secondary N) is 1. The third-order valence-corrected chi connectivity index (χ3v) is 3.22. The third kappa shape index (κ3) is 2.90. The minimum atomic E-state index is 0.700. The van der Waals surface area contributed by atoms with Crippen LogP contribution in [0.2, 0.25) is 0 Å². The number of nitrogens with zero attached hydrogens (tertiary/aromatic N) is 4. The van der Waals surface area contributed by atoms with Crippen LogP contribution in [0.25, 0.3) is 5.82 Å². The van der Waals surface area contributed by atoms with Crippen LogP contribution < -0.4 is 10.1 Å². The van der Waals surface area contributed by atoms with E-state index in [2.05, 4.69) is 20.4 Å². The van der Waals surface area contributed by atoms with Crippen molar-refractivity contribution < 1.29 is 4.74 Å². The molecule has 0 unspecified atom stereocenters. The Morgan fingerprint density at radius 2 is 1.95 bits per heavy atom. The summed E-state index contributed by atoms with van der Waals surface area (Å²) in [5.41, 5.74) is 2.89. The maximum atomic E-state index is 5.22. The number of hydrogen-bond acceptors (Lipinski definition) is 5. The normalized spacial score (nSPS) is 10.5. The van der Waals surface area contributed by atoms with Gasteiger partial charge in [0.05, 0.1) is 12.8 Å². The molecular formula is C16H17N5O. The van der Waals surface area contributed by atoms with Gasteiger partial charge in [0.1, 0.15) is 17.9 Å². The van der Waals surface area contributed by atoms with Crippen LogP contribution in [-0.4, -0.2) is 26.9 Å². The van der Waals surface area contributed by atoms with Gasteiger partial charge in [0.2, 0.25) is 0 Å². The molecule has 22 heavy (non-hydrogen) atoms. The lowest BCUT2D eigenvalue weighted by Crippen LogP contribution is -2.04. The summed E-state index contributed by atoms with van der Waals surface area (Å²) in [5.74, 6) is 2.22. The zero-order chi connectivity index (χ0) is 15.5. The number of aromatic nitrogens is 4. The molecule has 0 radical (unpaired) electrons. The number of rotatable bonds is 4. The quantitative estimate of drug-likeness (QED) is 0.801. The Morgan fingerprint density at radius 3 is 2.68 bits per heavy atom. The van der Waals surface area contributed by atoms with Gasteiger partial charge in [-0.25, -0.2) is 14.6 Å². The Morgan fingerprint density at radius 1 is 1.09 bits per heavy atom. The topological polar surface area (TPSA) is 64.9 Å². The molecule has 0 fully saturated rings. The van der Waals surface area contributed by atoms with Crippen molar-refractivity contribution in [3.8, 4) is 11.6 Å². The van der Waals surface area contributed by atoms with Gasteiger partial charge in [-0.1, -0.05) is 6.07 Å². The summed E-state index contributed by atoms with van der Waals surface area (Å²) in [4.78, 5) is 8.53. The molecular weight excluding hydrogens is 278 g/mol. The molecule has 112 valence electrons. The second kappa shape index (κ2) is 5.85. The maximum absolute atomic E-state index is 5.22. The van der Waals surface area contributed by atoms with E-state index in [0.29, 0.717) is 5.82 Å². The van der Waals surface area contributed by atoms with Gasteiger partial charge < -0.3 is 10.1 Å². The van der Waals surface area contributed by atoms with Crippen molar-refractivity contribution in [2.24, 2.45) is 0 Å². The Bertz CT molecular complexity index is 797. The number of anilines is 2. The minimum Gasteiger partial charge on any atom is -0.497 e. The first-order valence-corrected chi connectivity index (χ1v) is 6.92. The Hall–Kier alpha value is -2.89. The number of aryl methyl sites for hydroxylation is 2. The average molecular weight is 295 g/mol. The fraction of sp³-hybridized carbons (Fsp3) is 0.188. The molecule has 0 aliphatic heterocycles. The van der Waals surface area contributed by atoms with E-state index in [1.165, 1.54) is 6.33 Å². The predicted molar refractivity (Wildman–Crippen MR) is 84.9 cm³/mol. The molecule has 0 atom stereocenters. The Kier molecular flexibility index (Phi) is 3.74. The van der Waals surface area contributed by atoms with Crippen LogP contribution in [0.15, 0.2) is 42.7 Å². The van der Waals surface area contributed by atoms with Crippen LogP contribution in [0.4, 0.5) is 11.5 Å². The largest absolute Gasteiger partial charge is 0.497 e. The lowest BCUT2D eigenvalue weighted by atomic mass is 10.3.